The van der Waals surface area contributed by atoms with Crippen LogP contribution in [0.15, 0.2) is 6.07 Å². The highest BCUT2D eigenvalue weighted by Crippen LogP contribution is 2.32. The molecule has 3 nitrogen and oxygen atoms in total. The molecular formula is C9H9F3N2O. The summed E-state index contributed by atoms with van der Waals surface area (Å²) >= 11 is 0. The van der Waals surface area contributed by atoms with Crippen LogP contribution in [0, 0.1) is 13.8 Å². The maximum atomic E-state index is 12.4. The second kappa shape index (κ2) is 3.52. The van der Waals surface area contributed by atoms with Gasteiger partial charge in [0.2, 0.25) is 0 Å². The van der Waals surface area contributed by atoms with Crippen LogP contribution in [0.5, 0.6) is 0 Å². The van der Waals surface area contributed by atoms with Gasteiger partial charge in [-0.05, 0) is 19.9 Å². The summed E-state index contributed by atoms with van der Waals surface area (Å²) in [6.45, 7) is 2.67. The van der Waals surface area contributed by atoms with Crippen LogP contribution in [0.2, 0.25) is 0 Å². The fraction of sp³-hybridized carbons (Fsp3) is 0.333. The Morgan fingerprint density at radius 2 is 1.87 bits per heavy atom. The number of pyridine rings is 1. The number of amides is 1. The second-order valence-corrected chi connectivity index (χ2v) is 3.12. The number of hydrogen-bond donors (Lipinski definition) is 1. The highest BCUT2D eigenvalue weighted by Gasteiger charge is 2.34. The lowest BCUT2D eigenvalue weighted by Crippen LogP contribution is -2.17. The summed E-state index contributed by atoms with van der Waals surface area (Å²) in [7, 11) is 0. The lowest BCUT2D eigenvalue weighted by molar-refractivity contribution is -0.138. The first kappa shape index (κ1) is 11.5. The molecule has 1 aromatic heterocycles. The largest absolute Gasteiger partial charge is 0.418 e. The van der Waals surface area contributed by atoms with E-state index in [0.717, 1.165) is 6.07 Å². The summed E-state index contributed by atoms with van der Waals surface area (Å²) < 4.78 is 37.3. The third-order valence-electron chi connectivity index (χ3n) is 1.97. The van der Waals surface area contributed by atoms with Gasteiger partial charge in [0.05, 0.1) is 16.8 Å². The molecule has 15 heavy (non-hydrogen) atoms. The number of primary amides is 1. The van der Waals surface area contributed by atoms with Gasteiger partial charge in [0.25, 0.3) is 5.91 Å². The molecule has 0 bridgehead atoms. The zero-order valence-electron chi connectivity index (χ0n) is 8.14. The van der Waals surface area contributed by atoms with E-state index in [1.54, 1.807) is 0 Å². The smallest absolute Gasteiger partial charge is 0.366 e. The van der Waals surface area contributed by atoms with Gasteiger partial charge in [0, 0.05) is 5.69 Å². The quantitative estimate of drug-likeness (QED) is 0.781. The summed E-state index contributed by atoms with van der Waals surface area (Å²) in [5.74, 6) is -0.912. The fourth-order valence-corrected chi connectivity index (χ4v) is 1.26. The Labute approximate surface area is 84.1 Å². The van der Waals surface area contributed by atoms with Crippen LogP contribution in [-0.2, 0) is 6.18 Å². The van der Waals surface area contributed by atoms with Crippen LogP contribution in [0.1, 0.15) is 27.3 Å². The Balaban J connectivity index is 3.43. The fourth-order valence-electron chi connectivity index (χ4n) is 1.26. The van der Waals surface area contributed by atoms with Crippen molar-refractivity contribution in [2.45, 2.75) is 20.0 Å². The minimum Gasteiger partial charge on any atom is -0.366 e. The molecule has 82 valence electrons. The Morgan fingerprint density at radius 1 is 1.33 bits per heavy atom. The molecule has 6 heteroatoms. The van der Waals surface area contributed by atoms with Crippen LogP contribution in [-0.4, -0.2) is 10.9 Å². The molecule has 0 aliphatic carbocycles. The molecule has 2 N–H and O–H groups in total. The first-order valence-corrected chi connectivity index (χ1v) is 4.08. The number of nitrogens with zero attached hydrogens (tertiary/aromatic N) is 1. The molecule has 1 rings (SSSR count). The summed E-state index contributed by atoms with van der Waals surface area (Å²) in [6, 6.07) is 0.736. The molecule has 0 aliphatic rings. The summed E-state index contributed by atoms with van der Waals surface area (Å²) in [6.07, 6.45) is -4.52. The van der Waals surface area contributed by atoms with Crippen molar-refractivity contribution in [2.24, 2.45) is 5.73 Å². The molecule has 0 unspecified atom stereocenters. The van der Waals surface area contributed by atoms with Crippen molar-refractivity contribution in [3.05, 3.63) is 28.6 Å². The van der Waals surface area contributed by atoms with E-state index in [1.807, 2.05) is 0 Å². The zero-order valence-corrected chi connectivity index (χ0v) is 8.14. The molecule has 0 saturated heterocycles. The molecule has 0 spiro atoms. The standard InChI is InChI=1S/C9H9F3N2O/c1-4-6(8(13)15)3-7(5(2)14-4)9(10,11)12/h3H,1-2H3,(H2,13,15). The molecule has 0 aromatic carbocycles. The van der Waals surface area contributed by atoms with Crippen LogP contribution in [0.4, 0.5) is 13.2 Å². The number of rotatable bonds is 1. The van der Waals surface area contributed by atoms with E-state index in [4.69, 9.17) is 5.73 Å². The van der Waals surface area contributed by atoms with Crippen molar-refractivity contribution in [3.8, 4) is 0 Å². The van der Waals surface area contributed by atoms with E-state index in [1.165, 1.54) is 13.8 Å². The monoisotopic (exact) mass is 218 g/mol. The average molecular weight is 218 g/mol. The van der Waals surface area contributed by atoms with Crippen LogP contribution < -0.4 is 5.73 Å². The number of nitrogens with two attached hydrogens (primary N) is 1. The van der Waals surface area contributed by atoms with Gasteiger partial charge in [-0.2, -0.15) is 13.2 Å². The van der Waals surface area contributed by atoms with Gasteiger partial charge in [-0.1, -0.05) is 0 Å². The zero-order chi connectivity index (χ0) is 11.8. The van der Waals surface area contributed by atoms with Crippen LogP contribution in [0.3, 0.4) is 0 Å². The topological polar surface area (TPSA) is 56.0 Å². The molecule has 0 aliphatic heterocycles. The number of hydrogen-bond acceptors (Lipinski definition) is 2. The molecule has 1 amide bonds. The average Bonchev–Trinajstić information content (AvgIpc) is 2.00. The second-order valence-electron chi connectivity index (χ2n) is 3.12. The van der Waals surface area contributed by atoms with E-state index in [0.29, 0.717) is 0 Å². The predicted octanol–water partition coefficient (Wildman–Crippen LogP) is 1.82. The predicted molar refractivity (Wildman–Crippen MR) is 47.2 cm³/mol. The summed E-state index contributed by atoms with van der Waals surface area (Å²) in [5.41, 5.74) is 3.84. The van der Waals surface area contributed by atoms with Gasteiger partial charge in [-0.25, -0.2) is 0 Å². The molecule has 0 fully saturated rings. The van der Waals surface area contributed by atoms with Crippen molar-refractivity contribution in [1.29, 1.82) is 0 Å². The van der Waals surface area contributed by atoms with E-state index in [9.17, 15) is 18.0 Å². The van der Waals surface area contributed by atoms with Crippen molar-refractivity contribution in [2.75, 3.05) is 0 Å². The molecule has 0 atom stereocenters. The van der Waals surface area contributed by atoms with Crippen molar-refractivity contribution >= 4 is 5.91 Å². The van der Waals surface area contributed by atoms with E-state index in [2.05, 4.69) is 4.98 Å². The first-order chi connectivity index (χ1) is 6.73. The van der Waals surface area contributed by atoms with Gasteiger partial charge >= 0.3 is 6.18 Å². The maximum Gasteiger partial charge on any atom is 0.418 e. The SMILES string of the molecule is Cc1nc(C)c(C(F)(F)F)cc1C(N)=O. The Kier molecular flexibility index (Phi) is 2.70. The van der Waals surface area contributed by atoms with Crippen LogP contribution in [0.25, 0.3) is 0 Å². The Bertz CT molecular complexity index is 413. The van der Waals surface area contributed by atoms with Crippen molar-refractivity contribution < 1.29 is 18.0 Å². The van der Waals surface area contributed by atoms with Crippen molar-refractivity contribution in [1.82, 2.24) is 4.98 Å². The van der Waals surface area contributed by atoms with E-state index >= 15 is 0 Å². The minimum absolute atomic E-state index is 0.162. The Morgan fingerprint density at radius 3 is 2.27 bits per heavy atom. The number of halogens is 3. The summed E-state index contributed by atoms with van der Waals surface area (Å²) in [5, 5.41) is 0. The van der Waals surface area contributed by atoms with Crippen molar-refractivity contribution in [3.63, 3.8) is 0 Å². The van der Waals surface area contributed by atoms with Gasteiger partial charge in [0.1, 0.15) is 0 Å². The number of aromatic nitrogens is 1. The molecule has 0 saturated carbocycles. The molecular weight excluding hydrogens is 209 g/mol. The van der Waals surface area contributed by atoms with Gasteiger partial charge in [-0.3, -0.25) is 9.78 Å². The molecule has 1 aromatic rings. The maximum absolute atomic E-state index is 12.4. The number of carbonyl (C=O) groups is 1. The lowest BCUT2D eigenvalue weighted by atomic mass is 10.1. The third-order valence-corrected chi connectivity index (χ3v) is 1.97. The van der Waals surface area contributed by atoms with Gasteiger partial charge < -0.3 is 5.73 Å². The first-order valence-electron chi connectivity index (χ1n) is 4.08. The van der Waals surface area contributed by atoms with Crippen LogP contribution >= 0.6 is 0 Å². The lowest BCUT2D eigenvalue weighted by Gasteiger charge is -2.11. The number of alkyl halides is 3. The number of carbonyl (C=O) groups excluding carboxylic acids is 1. The molecule has 1 heterocycles. The minimum atomic E-state index is -4.52. The number of aryl methyl sites for hydroxylation is 2. The Hall–Kier alpha value is -1.59. The highest BCUT2D eigenvalue weighted by molar-refractivity contribution is 5.94. The van der Waals surface area contributed by atoms with Gasteiger partial charge in [0.15, 0.2) is 0 Å². The highest BCUT2D eigenvalue weighted by atomic mass is 19.4. The van der Waals surface area contributed by atoms with E-state index in [-0.39, 0.29) is 17.0 Å². The molecule has 0 radical (unpaired) electrons. The normalized spacial score (nSPS) is 11.5. The van der Waals surface area contributed by atoms with Gasteiger partial charge in [-0.15, -0.1) is 0 Å². The third kappa shape index (κ3) is 2.26. The van der Waals surface area contributed by atoms with E-state index < -0.39 is 17.6 Å². The summed E-state index contributed by atoms with van der Waals surface area (Å²) in [4.78, 5) is 14.5.